The molecule has 21 heavy (non-hydrogen) atoms. The molecule has 0 saturated carbocycles. The van der Waals surface area contributed by atoms with Gasteiger partial charge in [0.05, 0.1) is 12.7 Å². The molecule has 0 spiro atoms. The van der Waals surface area contributed by atoms with Crippen LogP contribution in [0.2, 0.25) is 0 Å². The lowest BCUT2D eigenvalue weighted by Gasteiger charge is -2.10. The Balaban J connectivity index is 2.26. The Morgan fingerprint density at radius 3 is 2.52 bits per heavy atom. The zero-order chi connectivity index (χ0) is 15.4. The molecule has 2 aromatic rings. The molecule has 2 aromatic carbocycles. The fourth-order valence-corrected chi connectivity index (χ4v) is 2.24. The number of esters is 1. The predicted molar refractivity (Wildman–Crippen MR) is 87.2 cm³/mol. The lowest BCUT2D eigenvalue weighted by atomic mass is 10.1. The minimum atomic E-state index is -0.468. The average molecular weight is 396 g/mol. The number of rotatable bonds is 4. The molecule has 0 heterocycles. The molecule has 0 aliphatic heterocycles. The third kappa shape index (κ3) is 3.60. The van der Waals surface area contributed by atoms with E-state index in [2.05, 4.69) is 22.6 Å². The minimum Gasteiger partial charge on any atom is -0.493 e. The molecule has 4 nitrogen and oxygen atoms in total. The Labute approximate surface area is 136 Å². The Morgan fingerprint density at radius 1 is 1.14 bits per heavy atom. The first-order chi connectivity index (χ1) is 10.0. The average Bonchev–Trinajstić information content (AvgIpc) is 2.50. The molecule has 108 valence electrons. The maximum Gasteiger partial charge on any atom is 0.343 e. The smallest absolute Gasteiger partial charge is 0.343 e. The van der Waals surface area contributed by atoms with Crippen molar-refractivity contribution in [3.8, 4) is 11.5 Å². The summed E-state index contributed by atoms with van der Waals surface area (Å²) in [5, 5.41) is 0. The largest absolute Gasteiger partial charge is 0.493 e. The summed E-state index contributed by atoms with van der Waals surface area (Å²) in [6.45, 7) is 1.97. The number of methoxy groups -OCH3 is 1. The quantitative estimate of drug-likeness (QED) is 0.343. The van der Waals surface area contributed by atoms with Gasteiger partial charge in [-0.05, 0) is 65.4 Å². The molecule has 0 atom stereocenters. The maximum atomic E-state index is 12.1. The monoisotopic (exact) mass is 396 g/mol. The highest BCUT2D eigenvalue weighted by atomic mass is 127. The van der Waals surface area contributed by atoms with Crippen molar-refractivity contribution in [3.05, 3.63) is 56.7 Å². The fraction of sp³-hybridized carbons (Fsp3) is 0.125. The van der Waals surface area contributed by atoms with Gasteiger partial charge in [-0.15, -0.1) is 0 Å². The van der Waals surface area contributed by atoms with Gasteiger partial charge >= 0.3 is 5.97 Å². The van der Waals surface area contributed by atoms with E-state index in [1.165, 1.54) is 13.2 Å². The summed E-state index contributed by atoms with van der Waals surface area (Å²) in [6.07, 6.45) is 0.705. The summed E-state index contributed by atoms with van der Waals surface area (Å²) in [7, 11) is 1.45. The zero-order valence-corrected chi connectivity index (χ0v) is 13.7. The van der Waals surface area contributed by atoms with Gasteiger partial charge in [0.2, 0.25) is 0 Å². The number of carbonyl (C=O) groups is 2. The summed E-state index contributed by atoms with van der Waals surface area (Å²) in [4.78, 5) is 22.9. The Morgan fingerprint density at radius 2 is 1.90 bits per heavy atom. The standard InChI is InChI=1S/C16H13IO4/c1-10-3-5-12(8-13(10)17)16(19)21-14-6-4-11(9-18)7-15(14)20-2/h3-9H,1-2H3. The van der Waals surface area contributed by atoms with E-state index in [-0.39, 0.29) is 5.75 Å². The molecule has 0 amide bonds. The molecule has 0 aromatic heterocycles. The van der Waals surface area contributed by atoms with Crippen LogP contribution < -0.4 is 9.47 Å². The summed E-state index contributed by atoms with van der Waals surface area (Å²) < 4.78 is 11.5. The van der Waals surface area contributed by atoms with E-state index < -0.39 is 5.97 Å². The van der Waals surface area contributed by atoms with Gasteiger partial charge in [0, 0.05) is 9.13 Å². The van der Waals surface area contributed by atoms with Crippen LogP contribution in [0.5, 0.6) is 11.5 Å². The SMILES string of the molecule is COc1cc(C=O)ccc1OC(=O)c1ccc(C)c(I)c1. The van der Waals surface area contributed by atoms with Gasteiger partial charge in [0.25, 0.3) is 0 Å². The van der Waals surface area contributed by atoms with Crippen molar-refractivity contribution in [2.45, 2.75) is 6.92 Å². The lowest BCUT2D eigenvalue weighted by molar-refractivity contribution is 0.0729. The van der Waals surface area contributed by atoms with E-state index in [1.807, 2.05) is 13.0 Å². The normalized spacial score (nSPS) is 10.0. The molecule has 0 aliphatic carbocycles. The van der Waals surface area contributed by atoms with Crippen LogP contribution in [0, 0.1) is 10.5 Å². The van der Waals surface area contributed by atoms with Crippen molar-refractivity contribution < 1.29 is 19.1 Å². The Bertz CT molecular complexity index is 695. The third-order valence-electron chi connectivity index (χ3n) is 2.93. The molecule has 0 unspecified atom stereocenters. The van der Waals surface area contributed by atoms with Gasteiger partial charge in [-0.3, -0.25) is 4.79 Å². The molecule has 2 rings (SSSR count). The maximum absolute atomic E-state index is 12.1. The zero-order valence-electron chi connectivity index (χ0n) is 11.6. The van der Waals surface area contributed by atoms with E-state index in [0.29, 0.717) is 23.2 Å². The van der Waals surface area contributed by atoms with Crippen LogP contribution in [0.4, 0.5) is 0 Å². The molecule has 0 fully saturated rings. The van der Waals surface area contributed by atoms with Crippen molar-refractivity contribution in [2.24, 2.45) is 0 Å². The minimum absolute atomic E-state index is 0.281. The fourth-order valence-electron chi connectivity index (χ4n) is 1.72. The highest BCUT2D eigenvalue weighted by Crippen LogP contribution is 2.28. The molecule has 0 bridgehead atoms. The van der Waals surface area contributed by atoms with Gasteiger partial charge in [-0.25, -0.2) is 4.79 Å². The van der Waals surface area contributed by atoms with Gasteiger partial charge in [-0.1, -0.05) is 6.07 Å². The summed E-state index contributed by atoms with van der Waals surface area (Å²) >= 11 is 2.17. The predicted octanol–water partition coefficient (Wildman–Crippen LogP) is 3.64. The van der Waals surface area contributed by atoms with E-state index in [0.717, 1.165) is 9.13 Å². The molecular weight excluding hydrogens is 383 g/mol. The van der Waals surface area contributed by atoms with Crippen molar-refractivity contribution in [2.75, 3.05) is 7.11 Å². The number of aryl methyl sites for hydroxylation is 1. The van der Waals surface area contributed by atoms with E-state index in [1.54, 1.807) is 24.3 Å². The number of halogens is 1. The van der Waals surface area contributed by atoms with Gasteiger partial charge < -0.3 is 9.47 Å². The second kappa shape index (κ2) is 6.71. The molecular formula is C16H13IO4. The molecule has 0 saturated heterocycles. The van der Waals surface area contributed by atoms with Crippen LogP contribution in [0.1, 0.15) is 26.3 Å². The number of carbonyl (C=O) groups excluding carboxylic acids is 2. The Hall–Kier alpha value is -1.89. The van der Waals surface area contributed by atoms with Crippen LogP contribution in [-0.4, -0.2) is 19.4 Å². The number of hydrogen-bond donors (Lipinski definition) is 0. The van der Waals surface area contributed by atoms with E-state index >= 15 is 0 Å². The summed E-state index contributed by atoms with van der Waals surface area (Å²) in [5.41, 5.74) is 2.02. The van der Waals surface area contributed by atoms with Gasteiger partial charge in [-0.2, -0.15) is 0 Å². The molecule has 0 aliphatic rings. The second-order valence-corrected chi connectivity index (χ2v) is 5.54. The summed E-state index contributed by atoms with van der Waals surface area (Å²) in [6, 6.07) is 9.98. The molecule has 5 heteroatoms. The van der Waals surface area contributed by atoms with E-state index in [9.17, 15) is 9.59 Å². The third-order valence-corrected chi connectivity index (χ3v) is 4.10. The van der Waals surface area contributed by atoms with Gasteiger partial charge in [0.15, 0.2) is 11.5 Å². The number of aldehydes is 1. The van der Waals surface area contributed by atoms with Crippen molar-refractivity contribution >= 4 is 34.8 Å². The summed E-state index contributed by atoms with van der Waals surface area (Å²) in [5.74, 6) is 0.156. The number of hydrogen-bond acceptors (Lipinski definition) is 4. The number of benzene rings is 2. The van der Waals surface area contributed by atoms with Crippen molar-refractivity contribution in [3.63, 3.8) is 0 Å². The van der Waals surface area contributed by atoms with Crippen LogP contribution in [0.3, 0.4) is 0 Å². The van der Waals surface area contributed by atoms with Crippen LogP contribution in [0.15, 0.2) is 36.4 Å². The topological polar surface area (TPSA) is 52.6 Å². The van der Waals surface area contributed by atoms with Crippen LogP contribution in [0.25, 0.3) is 0 Å². The first-order valence-electron chi connectivity index (χ1n) is 6.16. The van der Waals surface area contributed by atoms with Crippen molar-refractivity contribution in [1.82, 2.24) is 0 Å². The van der Waals surface area contributed by atoms with E-state index in [4.69, 9.17) is 9.47 Å². The molecule has 0 N–H and O–H groups in total. The first-order valence-corrected chi connectivity index (χ1v) is 7.24. The van der Waals surface area contributed by atoms with Crippen molar-refractivity contribution in [1.29, 1.82) is 0 Å². The first kappa shape index (κ1) is 15.5. The molecule has 0 radical (unpaired) electrons. The lowest BCUT2D eigenvalue weighted by Crippen LogP contribution is -2.10. The van der Waals surface area contributed by atoms with Crippen LogP contribution >= 0.6 is 22.6 Å². The highest BCUT2D eigenvalue weighted by molar-refractivity contribution is 14.1. The second-order valence-electron chi connectivity index (χ2n) is 4.38. The van der Waals surface area contributed by atoms with Crippen LogP contribution in [-0.2, 0) is 0 Å². The van der Waals surface area contributed by atoms with Gasteiger partial charge in [0.1, 0.15) is 6.29 Å². The number of ether oxygens (including phenoxy) is 2. The Kier molecular flexibility index (Phi) is 4.95. The highest BCUT2D eigenvalue weighted by Gasteiger charge is 2.13.